The average Bonchev–Trinajstić information content (AvgIpc) is 2.65. The first-order chi connectivity index (χ1) is 6.81. The fourth-order valence-electron chi connectivity index (χ4n) is 1.98. The first-order valence-corrected chi connectivity index (χ1v) is 4.99. The summed E-state index contributed by atoms with van der Waals surface area (Å²) >= 11 is 0. The van der Waals surface area contributed by atoms with E-state index in [1.54, 1.807) is 6.20 Å². The number of terminal acetylenes is 1. The molecule has 1 aromatic rings. The summed E-state index contributed by atoms with van der Waals surface area (Å²) in [6, 6.07) is 2.65. The van der Waals surface area contributed by atoms with Crippen molar-refractivity contribution in [2.45, 2.75) is 25.8 Å². The zero-order chi connectivity index (χ0) is 9.97. The molecule has 1 saturated heterocycles. The molecule has 2 nitrogen and oxygen atoms in total. The summed E-state index contributed by atoms with van der Waals surface area (Å²) in [6.45, 7) is 3.37. The molecule has 0 spiro atoms. The van der Waals surface area contributed by atoms with E-state index >= 15 is 0 Å². The highest BCUT2D eigenvalue weighted by Gasteiger charge is 2.20. The lowest BCUT2D eigenvalue weighted by molar-refractivity contribution is 0.734. The molecule has 72 valence electrons. The van der Waals surface area contributed by atoms with Crippen LogP contribution in [0.15, 0.2) is 18.5 Å². The van der Waals surface area contributed by atoms with Crippen molar-refractivity contribution in [2.75, 3.05) is 11.4 Å². The highest BCUT2D eigenvalue weighted by atomic mass is 15.2. The van der Waals surface area contributed by atoms with E-state index in [4.69, 9.17) is 6.42 Å². The van der Waals surface area contributed by atoms with Crippen molar-refractivity contribution < 1.29 is 0 Å². The molecule has 1 aromatic heterocycles. The normalized spacial score (nSPS) is 20.9. The minimum absolute atomic E-state index is 0.616. The van der Waals surface area contributed by atoms with Crippen LogP contribution in [0, 0.1) is 12.3 Å². The van der Waals surface area contributed by atoms with Gasteiger partial charge in [0.25, 0.3) is 0 Å². The van der Waals surface area contributed by atoms with Gasteiger partial charge in [0.2, 0.25) is 0 Å². The molecule has 0 bridgehead atoms. The van der Waals surface area contributed by atoms with E-state index < -0.39 is 0 Å². The molecule has 0 saturated carbocycles. The Morgan fingerprint density at radius 2 is 2.43 bits per heavy atom. The SMILES string of the molecule is C#Cc1cncc(N2CCCC2C)c1. The first kappa shape index (κ1) is 9.08. The van der Waals surface area contributed by atoms with Gasteiger partial charge in [-0.05, 0) is 25.8 Å². The molecule has 0 amide bonds. The third-order valence-electron chi connectivity index (χ3n) is 2.78. The monoisotopic (exact) mass is 186 g/mol. The number of rotatable bonds is 1. The second kappa shape index (κ2) is 3.71. The minimum atomic E-state index is 0.616. The van der Waals surface area contributed by atoms with E-state index in [0.717, 1.165) is 17.8 Å². The van der Waals surface area contributed by atoms with Crippen LogP contribution in [-0.4, -0.2) is 17.6 Å². The topological polar surface area (TPSA) is 16.1 Å². The molecule has 1 unspecified atom stereocenters. The van der Waals surface area contributed by atoms with Crippen molar-refractivity contribution in [1.82, 2.24) is 4.98 Å². The van der Waals surface area contributed by atoms with Crippen LogP contribution in [0.2, 0.25) is 0 Å². The van der Waals surface area contributed by atoms with Crippen LogP contribution in [0.4, 0.5) is 5.69 Å². The van der Waals surface area contributed by atoms with Crippen LogP contribution >= 0.6 is 0 Å². The van der Waals surface area contributed by atoms with E-state index in [2.05, 4.69) is 22.7 Å². The van der Waals surface area contributed by atoms with Crippen LogP contribution in [0.1, 0.15) is 25.3 Å². The highest BCUT2D eigenvalue weighted by Crippen LogP contribution is 2.24. The molecule has 0 aliphatic carbocycles. The van der Waals surface area contributed by atoms with Gasteiger partial charge in [-0.3, -0.25) is 4.98 Å². The number of nitrogens with zero attached hydrogens (tertiary/aromatic N) is 2. The Hall–Kier alpha value is -1.49. The summed E-state index contributed by atoms with van der Waals surface area (Å²) in [4.78, 5) is 6.52. The predicted molar refractivity (Wildman–Crippen MR) is 58.2 cm³/mol. The Morgan fingerprint density at radius 1 is 1.57 bits per heavy atom. The molecule has 0 N–H and O–H groups in total. The fraction of sp³-hybridized carbons (Fsp3) is 0.417. The largest absolute Gasteiger partial charge is 0.368 e. The summed E-state index contributed by atoms with van der Waals surface area (Å²) in [7, 11) is 0. The maximum absolute atomic E-state index is 5.34. The maximum atomic E-state index is 5.34. The maximum Gasteiger partial charge on any atom is 0.0567 e. The quantitative estimate of drug-likeness (QED) is 0.624. The number of hydrogen-bond donors (Lipinski definition) is 0. The molecular weight excluding hydrogens is 172 g/mol. The summed E-state index contributed by atoms with van der Waals surface area (Å²) in [5, 5.41) is 0. The molecule has 2 heterocycles. The Morgan fingerprint density at radius 3 is 3.07 bits per heavy atom. The Bertz CT molecular complexity index is 365. The highest BCUT2D eigenvalue weighted by molar-refractivity contribution is 5.51. The van der Waals surface area contributed by atoms with Gasteiger partial charge in [-0.25, -0.2) is 0 Å². The van der Waals surface area contributed by atoms with Gasteiger partial charge in [-0.15, -0.1) is 6.42 Å². The van der Waals surface area contributed by atoms with Crippen LogP contribution in [0.3, 0.4) is 0 Å². The van der Waals surface area contributed by atoms with E-state index in [-0.39, 0.29) is 0 Å². The molecule has 2 rings (SSSR count). The summed E-state index contributed by atoms with van der Waals surface area (Å²) in [5.74, 6) is 2.62. The zero-order valence-corrected chi connectivity index (χ0v) is 8.40. The number of aromatic nitrogens is 1. The Kier molecular flexibility index (Phi) is 2.41. The number of pyridine rings is 1. The molecule has 1 aliphatic heterocycles. The third kappa shape index (κ3) is 1.58. The molecule has 1 aliphatic rings. The van der Waals surface area contributed by atoms with E-state index in [9.17, 15) is 0 Å². The van der Waals surface area contributed by atoms with Gasteiger partial charge in [0.05, 0.1) is 11.9 Å². The summed E-state index contributed by atoms with van der Waals surface area (Å²) < 4.78 is 0. The van der Waals surface area contributed by atoms with Crippen molar-refractivity contribution in [3.63, 3.8) is 0 Å². The van der Waals surface area contributed by atoms with Crippen LogP contribution < -0.4 is 4.90 Å². The van der Waals surface area contributed by atoms with Crippen molar-refractivity contribution in [2.24, 2.45) is 0 Å². The molecule has 1 atom stereocenters. The summed E-state index contributed by atoms with van der Waals surface area (Å²) in [6.07, 6.45) is 11.5. The standard InChI is InChI=1S/C12H14N2/c1-3-11-7-12(9-13-8-11)14-6-4-5-10(14)2/h1,7-10H,4-6H2,2H3. The molecule has 14 heavy (non-hydrogen) atoms. The second-order valence-electron chi connectivity index (χ2n) is 3.76. The van der Waals surface area contributed by atoms with Gasteiger partial charge in [-0.1, -0.05) is 5.92 Å². The Labute approximate surface area is 85.0 Å². The lowest BCUT2D eigenvalue weighted by Crippen LogP contribution is -2.26. The minimum Gasteiger partial charge on any atom is -0.368 e. The Balaban J connectivity index is 2.28. The van der Waals surface area contributed by atoms with E-state index in [1.807, 2.05) is 12.3 Å². The van der Waals surface area contributed by atoms with Gasteiger partial charge in [-0.2, -0.15) is 0 Å². The van der Waals surface area contributed by atoms with Gasteiger partial charge in [0.15, 0.2) is 0 Å². The van der Waals surface area contributed by atoms with Crippen LogP contribution in [-0.2, 0) is 0 Å². The van der Waals surface area contributed by atoms with Crippen LogP contribution in [0.25, 0.3) is 0 Å². The van der Waals surface area contributed by atoms with E-state index in [1.165, 1.54) is 12.8 Å². The third-order valence-corrected chi connectivity index (χ3v) is 2.78. The zero-order valence-electron chi connectivity index (χ0n) is 8.40. The van der Waals surface area contributed by atoms with Crippen molar-refractivity contribution >= 4 is 5.69 Å². The summed E-state index contributed by atoms with van der Waals surface area (Å²) in [5.41, 5.74) is 2.02. The molecule has 1 fully saturated rings. The first-order valence-electron chi connectivity index (χ1n) is 4.99. The lowest BCUT2D eigenvalue weighted by Gasteiger charge is -2.23. The molecular formula is C12H14N2. The van der Waals surface area contributed by atoms with E-state index in [0.29, 0.717) is 6.04 Å². The van der Waals surface area contributed by atoms with Gasteiger partial charge in [0.1, 0.15) is 0 Å². The second-order valence-corrected chi connectivity index (χ2v) is 3.76. The van der Waals surface area contributed by atoms with Gasteiger partial charge >= 0.3 is 0 Å². The molecule has 0 radical (unpaired) electrons. The number of anilines is 1. The molecule has 2 heteroatoms. The van der Waals surface area contributed by atoms with Crippen molar-refractivity contribution in [3.05, 3.63) is 24.0 Å². The smallest absolute Gasteiger partial charge is 0.0567 e. The predicted octanol–water partition coefficient (Wildman–Crippen LogP) is 2.05. The van der Waals surface area contributed by atoms with Crippen molar-refractivity contribution in [1.29, 1.82) is 0 Å². The number of hydrogen-bond acceptors (Lipinski definition) is 2. The molecule has 0 aromatic carbocycles. The van der Waals surface area contributed by atoms with Crippen molar-refractivity contribution in [3.8, 4) is 12.3 Å². The van der Waals surface area contributed by atoms with Crippen LogP contribution in [0.5, 0.6) is 0 Å². The fourth-order valence-corrected chi connectivity index (χ4v) is 1.98. The average molecular weight is 186 g/mol. The van der Waals surface area contributed by atoms with Gasteiger partial charge < -0.3 is 4.90 Å². The van der Waals surface area contributed by atoms with Gasteiger partial charge in [0, 0.05) is 24.3 Å². The lowest BCUT2D eigenvalue weighted by atomic mass is 10.2.